The van der Waals surface area contributed by atoms with Gasteiger partial charge in [-0.05, 0) is 25.0 Å². The molecule has 0 saturated carbocycles. The number of nitrogens with one attached hydrogen (secondary N) is 2. The molecule has 1 aliphatic rings. The highest BCUT2D eigenvalue weighted by molar-refractivity contribution is 5.98. The second-order valence-electron chi connectivity index (χ2n) is 4.49. The number of ketones is 1. The zero-order valence-corrected chi connectivity index (χ0v) is 10.8. The standard InChI is InChI=1S/C13H15N3O4/c17-10-3-1-2-9-8(10)4-5-11(15-9)16-13(20)14-7-6-12(18)19/h4-5H,1-3,6-7H2,(H,18,19)(H2,14,15,16,20). The number of carbonyl (C=O) groups is 3. The van der Waals surface area contributed by atoms with E-state index in [4.69, 9.17) is 5.11 Å². The van der Waals surface area contributed by atoms with Crippen LogP contribution in [0.25, 0.3) is 0 Å². The summed E-state index contributed by atoms with van der Waals surface area (Å²) < 4.78 is 0. The number of carboxylic acids is 1. The van der Waals surface area contributed by atoms with Crippen molar-refractivity contribution in [2.75, 3.05) is 11.9 Å². The second-order valence-corrected chi connectivity index (χ2v) is 4.49. The Morgan fingerprint density at radius 2 is 2.10 bits per heavy atom. The molecule has 1 heterocycles. The Labute approximate surface area is 115 Å². The van der Waals surface area contributed by atoms with Crippen molar-refractivity contribution >= 4 is 23.6 Å². The van der Waals surface area contributed by atoms with E-state index >= 15 is 0 Å². The summed E-state index contributed by atoms with van der Waals surface area (Å²) >= 11 is 0. The van der Waals surface area contributed by atoms with E-state index in [-0.39, 0.29) is 18.7 Å². The molecule has 1 aromatic rings. The van der Waals surface area contributed by atoms with Crippen LogP contribution < -0.4 is 10.6 Å². The molecule has 7 nitrogen and oxygen atoms in total. The van der Waals surface area contributed by atoms with E-state index in [1.807, 2.05) is 0 Å². The van der Waals surface area contributed by atoms with Gasteiger partial charge in [0.1, 0.15) is 5.82 Å². The molecule has 0 fully saturated rings. The summed E-state index contributed by atoms with van der Waals surface area (Å²) in [6.45, 7) is 0.0462. The van der Waals surface area contributed by atoms with Gasteiger partial charge in [-0.25, -0.2) is 9.78 Å². The molecule has 0 aliphatic heterocycles. The Kier molecular flexibility index (Phi) is 4.29. The molecule has 0 saturated heterocycles. The molecule has 1 aliphatic carbocycles. The number of urea groups is 1. The molecular formula is C13H15N3O4. The predicted molar refractivity (Wildman–Crippen MR) is 70.8 cm³/mol. The van der Waals surface area contributed by atoms with Crippen molar-refractivity contribution in [3.8, 4) is 0 Å². The van der Waals surface area contributed by atoms with Crippen molar-refractivity contribution in [1.82, 2.24) is 10.3 Å². The van der Waals surface area contributed by atoms with Gasteiger partial charge in [0.2, 0.25) is 0 Å². The van der Waals surface area contributed by atoms with Gasteiger partial charge in [0.15, 0.2) is 5.78 Å². The van der Waals surface area contributed by atoms with Crippen molar-refractivity contribution < 1.29 is 19.5 Å². The minimum atomic E-state index is -0.976. The molecule has 0 spiro atoms. The molecule has 0 bridgehead atoms. The highest BCUT2D eigenvalue weighted by atomic mass is 16.4. The summed E-state index contributed by atoms with van der Waals surface area (Å²) in [5, 5.41) is 13.4. The SMILES string of the molecule is O=C(O)CCNC(=O)Nc1ccc2c(n1)CCCC2=O. The first kappa shape index (κ1) is 14.0. The van der Waals surface area contributed by atoms with E-state index in [9.17, 15) is 14.4 Å². The Balaban J connectivity index is 1.95. The minimum absolute atomic E-state index is 0.0462. The zero-order chi connectivity index (χ0) is 14.5. The lowest BCUT2D eigenvalue weighted by Crippen LogP contribution is -2.31. The van der Waals surface area contributed by atoms with Crippen molar-refractivity contribution in [3.05, 3.63) is 23.4 Å². The number of aryl methyl sites for hydroxylation is 1. The first-order valence-corrected chi connectivity index (χ1v) is 6.36. The van der Waals surface area contributed by atoms with Crippen LogP contribution in [0.1, 0.15) is 35.3 Å². The maximum atomic E-state index is 11.6. The quantitative estimate of drug-likeness (QED) is 0.766. The first-order chi connectivity index (χ1) is 9.56. The van der Waals surface area contributed by atoms with Gasteiger partial charge < -0.3 is 10.4 Å². The number of aromatic nitrogens is 1. The van der Waals surface area contributed by atoms with Gasteiger partial charge in [-0.3, -0.25) is 14.9 Å². The molecule has 0 unspecified atom stereocenters. The monoisotopic (exact) mass is 277 g/mol. The highest BCUT2D eigenvalue weighted by Gasteiger charge is 2.18. The van der Waals surface area contributed by atoms with Crippen LogP contribution >= 0.6 is 0 Å². The number of hydrogen-bond acceptors (Lipinski definition) is 4. The summed E-state index contributed by atoms with van der Waals surface area (Å²) in [6.07, 6.45) is 1.89. The van der Waals surface area contributed by atoms with Gasteiger partial charge in [0, 0.05) is 18.5 Å². The fourth-order valence-electron chi connectivity index (χ4n) is 2.01. The number of nitrogens with zero attached hydrogens (tertiary/aromatic N) is 1. The molecule has 0 aromatic carbocycles. The summed E-state index contributed by atoms with van der Waals surface area (Å²) in [7, 11) is 0. The van der Waals surface area contributed by atoms with Crippen LogP contribution in [-0.4, -0.2) is 34.4 Å². The Morgan fingerprint density at radius 3 is 2.85 bits per heavy atom. The van der Waals surface area contributed by atoms with Crippen molar-refractivity contribution in [1.29, 1.82) is 0 Å². The number of anilines is 1. The summed E-state index contributed by atoms with van der Waals surface area (Å²) in [4.78, 5) is 37.7. The zero-order valence-electron chi connectivity index (χ0n) is 10.8. The van der Waals surface area contributed by atoms with Gasteiger partial charge in [0.05, 0.1) is 12.1 Å². The molecule has 20 heavy (non-hydrogen) atoms. The van der Waals surface area contributed by atoms with Crippen LogP contribution in [-0.2, 0) is 11.2 Å². The average Bonchev–Trinajstić information content (AvgIpc) is 2.38. The molecule has 1 aromatic heterocycles. The van der Waals surface area contributed by atoms with E-state index in [1.54, 1.807) is 12.1 Å². The summed E-state index contributed by atoms with van der Waals surface area (Å²) in [6, 6.07) is 2.72. The normalized spacial score (nSPS) is 13.5. The lowest BCUT2D eigenvalue weighted by Gasteiger charge is -2.14. The molecule has 0 atom stereocenters. The smallest absolute Gasteiger partial charge is 0.320 e. The summed E-state index contributed by atoms with van der Waals surface area (Å²) in [5.74, 6) is -0.543. The van der Waals surface area contributed by atoms with Gasteiger partial charge in [-0.2, -0.15) is 0 Å². The van der Waals surface area contributed by atoms with Gasteiger partial charge in [0.25, 0.3) is 0 Å². The van der Waals surface area contributed by atoms with E-state index < -0.39 is 12.0 Å². The number of carbonyl (C=O) groups excluding carboxylic acids is 2. The number of aliphatic carboxylic acids is 1. The fourth-order valence-corrected chi connectivity index (χ4v) is 2.01. The Hall–Kier alpha value is -2.44. The van der Waals surface area contributed by atoms with Crippen molar-refractivity contribution in [2.45, 2.75) is 25.7 Å². The Bertz CT molecular complexity index is 557. The van der Waals surface area contributed by atoms with Gasteiger partial charge >= 0.3 is 12.0 Å². The van der Waals surface area contributed by atoms with Crippen LogP contribution in [0.5, 0.6) is 0 Å². The summed E-state index contributed by atoms with van der Waals surface area (Å²) in [5.41, 5.74) is 1.32. The van der Waals surface area contributed by atoms with Crippen molar-refractivity contribution in [2.24, 2.45) is 0 Å². The molecule has 7 heteroatoms. The minimum Gasteiger partial charge on any atom is -0.481 e. The predicted octanol–water partition coefficient (Wildman–Crippen LogP) is 1.20. The number of pyridine rings is 1. The first-order valence-electron chi connectivity index (χ1n) is 6.36. The molecule has 2 rings (SSSR count). The number of hydrogen-bond donors (Lipinski definition) is 3. The lowest BCUT2D eigenvalue weighted by atomic mass is 9.95. The van der Waals surface area contributed by atoms with Crippen LogP contribution in [0.15, 0.2) is 12.1 Å². The number of amides is 2. The fraction of sp³-hybridized carbons (Fsp3) is 0.385. The van der Waals surface area contributed by atoms with Crippen LogP contribution in [0.2, 0.25) is 0 Å². The molecule has 2 amide bonds. The van der Waals surface area contributed by atoms with E-state index in [2.05, 4.69) is 15.6 Å². The van der Waals surface area contributed by atoms with Crippen LogP contribution in [0.3, 0.4) is 0 Å². The average molecular weight is 277 g/mol. The number of carboxylic acid groups (broad SMARTS) is 1. The third-order valence-electron chi connectivity index (χ3n) is 2.96. The van der Waals surface area contributed by atoms with Crippen LogP contribution in [0.4, 0.5) is 10.6 Å². The van der Waals surface area contributed by atoms with Gasteiger partial charge in [-0.1, -0.05) is 0 Å². The largest absolute Gasteiger partial charge is 0.481 e. The van der Waals surface area contributed by atoms with Crippen molar-refractivity contribution in [3.63, 3.8) is 0 Å². The van der Waals surface area contributed by atoms with Gasteiger partial charge in [-0.15, -0.1) is 0 Å². The molecule has 3 N–H and O–H groups in total. The third-order valence-corrected chi connectivity index (χ3v) is 2.96. The van der Waals surface area contributed by atoms with E-state index in [0.717, 1.165) is 12.8 Å². The number of Topliss-reactive ketones (excluding diaryl/α,β-unsaturated/α-hetero) is 1. The number of rotatable bonds is 4. The van der Waals surface area contributed by atoms with Crippen LogP contribution in [0, 0.1) is 0 Å². The van der Waals surface area contributed by atoms with E-state index in [1.165, 1.54) is 0 Å². The second kappa shape index (κ2) is 6.14. The topological polar surface area (TPSA) is 108 Å². The molecule has 106 valence electrons. The van der Waals surface area contributed by atoms with E-state index in [0.29, 0.717) is 23.5 Å². The molecular weight excluding hydrogens is 262 g/mol. The lowest BCUT2D eigenvalue weighted by molar-refractivity contribution is -0.136. The molecule has 0 radical (unpaired) electrons. The Morgan fingerprint density at radius 1 is 1.30 bits per heavy atom. The highest BCUT2D eigenvalue weighted by Crippen LogP contribution is 2.21. The maximum absolute atomic E-state index is 11.6. The number of fused-ring (bicyclic) bond motifs is 1. The maximum Gasteiger partial charge on any atom is 0.320 e. The third kappa shape index (κ3) is 3.53.